The van der Waals surface area contributed by atoms with Crippen molar-refractivity contribution in [3.05, 3.63) is 59.2 Å². The minimum Gasteiger partial charge on any atom is -0.463 e. The molecule has 0 bridgehead atoms. The third-order valence-corrected chi connectivity index (χ3v) is 5.48. The highest BCUT2D eigenvalue weighted by molar-refractivity contribution is 5.73. The maximum absolute atomic E-state index is 6.51. The lowest BCUT2D eigenvalue weighted by molar-refractivity contribution is 0.0823. The third kappa shape index (κ3) is 2.40. The van der Waals surface area contributed by atoms with Gasteiger partial charge in [0.2, 0.25) is 5.72 Å². The summed E-state index contributed by atoms with van der Waals surface area (Å²) in [7, 11) is 0. The molecular weight excluding hydrogens is 310 g/mol. The second-order valence-corrected chi connectivity index (χ2v) is 7.49. The van der Waals surface area contributed by atoms with Gasteiger partial charge in [0.15, 0.2) is 0 Å². The maximum atomic E-state index is 6.51. The number of nitrogens with one attached hydrogen (secondary N) is 1. The van der Waals surface area contributed by atoms with Gasteiger partial charge in [-0.05, 0) is 80.8 Å². The van der Waals surface area contributed by atoms with Crippen LogP contribution in [0.25, 0.3) is 6.08 Å². The number of aryl methyl sites for hydroxylation is 1. The maximum Gasteiger partial charge on any atom is 0.209 e. The standard InChI is InChI=1S/C21H25N3O/c1-20(2)17-7-6-16(23)13-18(17)24-21(20)10-9-15-12-14(4-3-11-22)5-8-19(15)25-21/h5-10,12-13,24H,3-4,11,22-23H2,1-2H3. The fourth-order valence-electron chi connectivity index (χ4n) is 3.87. The highest BCUT2D eigenvalue weighted by Gasteiger charge is 2.54. The molecule has 4 rings (SSSR count). The molecule has 0 saturated carbocycles. The normalized spacial score (nSPS) is 22.2. The van der Waals surface area contributed by atoms with Crippen LogP contribution >= 0.6 is 0 Å². The predicted molar refractivity (Wildman–Crippen MR) is 104 cm³/mol. The highest BCUT2D eigenvalue weighted by atomic mass is 16.5. The molecule has 2 aliphatic rings. The summed E-state index contributed by atoms with van der Waals surface area (Å²) in [5.74, 6) is 0.903. The van der Waals surface area contributed by atoms with Crippen LogP contribution in [0.2, 0.25) is 0 Å². The van der Waals surface area contributed by atoms with E-state index in [1.54, 1.807) is 0 Å². The molecule has 0 aliphatic carbocycles. The first kappa shape index (κ1) is 16.0. The molecule has 2 aromatic rings. The van der Waals surface area contributed by atoms with Crippen molar-refractivity contribution in [3.8, 4) is 5.75 Å². The van der Waals surface area contributed by atoms with Crippen LogP contribution in [-0.4, -0.2) is 12.3 Å². The highest BCUT2D eigenvalue weighted by Crippen LogP contribution is 2.51. The summed E-state index contributed by atoms with van der Waals surface area (Å²) < 4.78 is 6.51. The minimum absolute atomic E-state index is 0.220. The van der Waals surface area contributed by atoms with Gasteiger partial charge >= 0.3 is 0 Å². The molecular formula is C21H25N3O. The van der Waals surface area contributed by atoms with E-state index in [0.717, 1.165) is 35.5 Å². The Morgan fingerprint density at radius 2 is 1.96 bits per heavy atom. The number of nitrogens with two attached hydrogens (primary N) is 2. The van der Waals surface area contributed by atoms with Gasteiger partial charge in [0, 0.05) is 16.9 Å². The molecule has 2 heterocycles. The van der Waals surface area contributed by atoms with Crippen molar-refractivity contribution >= 4 is 17.5 Å². The Morgan fingerprint density at radius 3 is 2.76 bits per heavy atom. The van der Waals surface area contributed by atoms with E-state index in [2.05, 4.69) is 55.6 Å². The molecule has 2 aliphatic heterocycles. The fraction of sp³-hybridized carbons (Fsp3) is 0.333. The van der Waals surface area contributed by atoms with Gasteiger partial charge in [0.05, 0.1) is 5.41 Å². The summed E-state index contributed by atoms with van der Waals surface area (Å²) in [4.78, 5) is 0. The molecule has 0 aromatic heterocycles. The fourth-order valence-corrected chi connectivity index (χ4v) is 3.87. The van der Waals surface area contributed by atoms with Crippen LogP contribution in [0.15, 0.2) is 42.5 Å². The molecule has 5 N–H and O–H groups in total. The smallest absolute Gasteiger partial charge is 0.209 e. The van der Waals surface area contributed by atoms with Gasteiger partial charge in [0.25, 0.3) is 0 Å². The Hall–Kier alpha value is -2.46. The summed E-state index contributed by atoms with van der Waals surface area (Å²) in [6.45, 7) is 5.12. The van der Waals surface area contributed by atoms with Crippen LogP contribution in [0.1, 0.15) is 37.0 Å². The second-order valence-electron chi connectivity index (χ2n) is 7.49. The van der Waals surface area contributed by atoms with Crippen LogP contribution in [-0.2, 0) is 11.8 Å². The number of hydrogen-bond acceptors (Lipinski definition) is 4. The first-order valence-electron chi connectivity index (χ1n) is 8.85. The number of rotatable bonds is 3. The van der Waals surface area contributed by atoms with Crippen molar-refractivity contribution in [2.75, 3.05) is 17.6 Å². The Balaban J connectivity index is 1.70. The van der Waals surface area contributed by atoms with Crippen LogP contribution in [0.5, 0.6) is 5.75 Å². The van der Waals surface area contributed by atoms with E-state index in [1.165, 1.54) is 11.1 Å². The van der Waals surface area contributed by atoms with Gasteiger partial charge in [-0.3, -0.25) is 0 Å². The lowest BCUT2D eigenvalue weighted by Crippen LogP contribution is -2.53. The van der Waals surface area contributed by atoms with Crippen molar-refractivity contribution in [2.24, 2.45) is 5.73 Å². The van der Waals surface area contributed by atoms with Crippen molar-refractivity contribution in [2.45, 2.75) is 37.8 Å². The second kappa shape index (κ2) is 5.53. The number of anilines is 2. The van der Waals surface area contributed by atoms with E-state index < -0.39 is 5.72 Å². The molecule has 130 valence electrons. The summed E-state index contributed by atoms with van der Waals surface area (Å²) in [6, 6.07) is 12.4. The monoisotopic (exact) mass is 335 g/mol. The van der Waals surface area contributed by atoms with Gasteiger partial charge in [-0.15, -0.1) is 0 Å². The van der Waals surface area contributed by atoms with E-state index in [-0.39, 0.29) is 5.41 Å². The number of benzene rings is 2. The molecule has 2 aromatic carbocycles. The molecule has 4 heteroatoms. The zero-order valence-electron chi connectivity index (χ0n) is 14.8. The van der Waals surface area contributed by atoms with Gasteiger partial charge < -0.3 is 21.5 Å². The Kier molecular flexibility index (Phi) is 3.55. The van der Waals surface area contributed by atoms with E-state index in [9.17, 15) is 0 Å². The molecule has 0 fully saturated rings. The summed E-state index contributed by atoms with van der Waals surface area (Å²) in [6.07, 6.45) is 6.29. The Morgan fingerprint density at radius 1 is 1.12 bits per heavy atom. The van der Waals surface area contributed by atoms with Crippen LogP contribution in [0.3, 0.4) is 0 Å². The molecule has 1 spiro atoms. The van der Waals surface area contributed by atoms with Crippen molar-refractivity contribution in [1.82, 2.24) is 0 Å². The van der Waals surface area contributed by atoms with Crippen LogP contribution in [0, 0.1) is 0 Å². The average Bonchev–Trinajstić information content (AvgIpc) is 2.79. The zero-order valence-corrected chi connectivity index (χ0v) is 14.8. The molecule has 1 unspecified atom stereocenters. The van der Waals surface area contributed by atoms with E-state index in [1.807, 2.05) is 12.1 Å². The first-order chi connectivity index (χ1) is 11.9. The van der Waals surface area contributed by atoms with Crippen molar-refractivity contribution in [1.29, 1.82) is 0 Å². The van der Waals surface area contributed by atoms with Gasteiger partial charge in [-0.25, -0.2) is 0 Å². The predicted octanol–water partition coefficient (Wildman–Crippen LogP) is 3.67. The number of ether oxygens (including phenoxy) is 1. The number of hydrogen-bond donors (Lipinski definition) is 3. The molecule has 0 saturated heterocycles. The zero-order chi connectivity index (χ0) is 17.7. The quantitative estimate of drug-likeness (QED) is 0.748. The van der Waals surface area contributed by atoms with Crippen molar-refractivity contribution < 1.29 is 4.74 Å². The minimum atomic E-state index is -0.602. The summed E-state index contributed by atoms with van der Waals surface area (Å²) in [5, 5.41) is 3.57. The van der Waals surface area contributed by atoms with E-state index >= 15 is 0 Å². The van der Waals surface area contributed by atoms with Crippen molar-refractivity contribution in [3.63, 3.8) is 0 Å². The Bertz CT molecular complexity index is 856. The van der Waals surface area contributed by atoms with Crippen LogP contribution < -0.4 is 21.5 Å². The lowest BCUT2D eigenvalue weighted by atomic mass is 9.76. The molecule has 0 radical (unpaired) electrons. The van der Waals surface area contributed by atoms with E-state index in [4.69, 9.17) is 16.2 Å². The Labute approximate surface area is 148 Å². The van der Waals surface area contributed by atoms with Gasteiger partial charge in [-0.1, -0.05) is 12.1 Å². The van der Waals surface area contributed by atoms with Gasteiger partial charge in [-0.2, -0.15) is 0 Å². The number of fused-ring (bicyclic) bond motifs is 2. The summed E-state index contributed by atoms with van der Waals surface area (Å²) >= 11 is 0. The summed E-state index contributed by atoms with van der Waals surface area (Å²) in [5.41, 5.74) is 16.2. The largest absolute Gasteiger partial charge is 0.463 e. The topological polar surface area (TPSA) is 73.3 Å². The number of nitrogen functional groups attached to an aromatic ring is 1. The molecule has 1 atom stereocenters. The van der Waals surface area contributed by atoms with Crippen LogP contribution in [0.4, 0.5) is 11.4 Å². The molecule has 25 heavy (non-hydrogen) atoms. The van der Waals surface area contributed by atoms with E-state index in [0.29, 0.717) is 6.54 Å². The first-order valence-corrected chi connectivity index (χ1v) is 8.85. The molecule has 4 nitrogen and oxygen atoms in total. The SMILES string of the molecule is CC1(C)c2ccc(N)cc2NC12C=Cc1cc(CCCN)ccc1O2. The molecule has 0 amide bonds. The lowest BCUT2D eigenvalue weighted by Gasteiger charge is -2.41. The third-order valence-electron chi connectivity index (χ3n) is 5.48. The van der Waals surface area contributed by atoms with Gasteiger partial charge in [0.1, 0.15) is 5.75 Å². The average molecular weight is 335 g/mol.